The minimum absolute atomic E-state index is 0.789. The summed E-state index contributed by atoms with van der Waals surface area (Å²) in [5, 5.41) is 0.794. The van der Waals surface area contributed by atoms with Gasteiger partial charge in [-0.3, -0.25) is 0 Å². The van der Waals surface area contributed by atoms with Gasteiger partial charge in [-0.1, -0.05) is 25.4 Å². The van der Waals surface area contributed by atoms with Gasteiger partial charge in [0, 0.05) is 13.0 Å². The van der Waals surface area contributed by atoms with E-state index in [2.05, 4.69) is 23.4 Å². The van der Waals surface area contributed by atoms with E-state index in [0.29, 0.717) is 0 Å². The summed E-state index contributed by atoms with van der Waals surface area (Å²) in [5.41, 5.74) is 0. The maximum Gasteiger partial charge on any atom is 0.128 e. The van der Waals surface area contributed by atoms with E-state index in [1.165, 1.54) is 18.7 Å². The molecule has 0 fully saturated rings. The van der Waals surface area contributed by atoms with E-state index in [1.54, 1.807) is 6.20 Å². The lowest BCUT2D eigenvalue weighted by Gasteiger charge is -2.24. The highest BCUT2D eigenvalue weighted by Gasteiger charge is 2.21. The van der Waals surface area contributed by atoms with E-state index >= 15 is 0 Å². The number of halogens is 1. The molecule has 0 spiro atoms. The Labute approximate surface area is 90.3 Å². The van der Waals surface area contributed by atoms with Gasteiger partial charge in [-0.2, -0.15) is 0 Å². The standard InChI is InChI=1S/C11H17ClN2/c1-8(2)5-9-3-4-14-10(12)7-13-11(14)6-9/h7-9H,3-6H2,1-2H3. The molecule has 0 saturated heterocycles. The van der Waals surface area contributed by atoms with E-state index in [1.807, 2.05) is 0 Å². The van der Waals surface area contributed by atoms with Crippen molar-refractivity contribution in [3.8, 4) is 0 Å². The molecule has 78 valence electrons. The minimum atomic E-state index is 0.789. The summed E-state index contributed by atoms with van der Waals surface area (Å²) in [6.45, 7) is 5.62. The molecule has 1 atom stereocenters. The number of hydrogen-bond donors (Lipinski definition) is 0. The molecule has 0 radical (unpaired) electrons. The fourth-order valence-electron chi connectivity index (χ4n) is 2.33. The van der Waals surface area contributed by atoms with Crippen LogP contribution < -0.4 is 0 Å². The molecule has 0 aromatic carbocycles. The molecule has 2 nitrogen and oxygen atoms in total. The third-order valence-electron chi connectivity index (χ3n) is 2.93. The van der Waals surface area contributed by atoms with Gasteiger partial charge in [0.05, 0.1) is 6.20 Å². The zero-order valence-electron chi connectivity index (χ0n) is 8.83. The van der Waals surface area contributed by atoms with Crippen molar-refractivity contribution in [3.63, 3.8) is 0 Å². The Morgan fingerprint density at radius 1 is 1.64 bits per heavy atom. The monoisotopic (exact) mass is 212 g/mol. The highest BCUT2D eigenvalue weighted by Crippen LogP contribution is 2.27. The van der Waals surface area contributed by atoms with Gasteiger partial charge in [-0.05, 0) is 24.7 Å². The lowest BCUT2D eigenvalue weighted by molar-refractivity contribution is 0.324. The highest BCUT2D eigenvalue weighted by atomic mass is 35.5. The molecule has 0 bridgehead atoms. The SMILES string of the molecule is CC(C)CC1CCn2c(Cl)cnc2C1. The van der Waals surface area contributed by atoms with Crippen LogP contribution in [0.15, 0.2) is 6.20 Å². The Morgan fingerprint density at radius 2 is 2.43 bits per heavy atom. The van der Waals surface area contributed by atoms with Crippen molar-refractivity contribution in [2.45, 2.75) is 39.7 Å². The lowest BCUT2D eigenvalue weighted by atomic mass is 9.89. The molecule has 3 heteroatoms. The molecule has 0 N–H and O–H groups in total. The van der Waals surface area contributed by atoms with Gasteiger partial charge in [0.15, 0.2) is 0 Å². The van der Waals surface area contributed by atoms with Gasteiger partial charge >= 0.3 is 0 Å². The second kappa shape index (κ2) is 3.93. The van der Waals surface area contributed by atoms with Crippen molar-refractivity contribution in [3.05, 3.63) is 17.2 Å². The second-order valence-corrected chi connectivity index (χ2v) is 5.02. The predicted molar refractivity (Wildman–Crippen MR) is 58.5 cm³/mol. The van der Waals surface area contributed by atoms with Gasteiger partial charge in [0.25, 0.3) is 0 Å². The second-order valence-electron chi connectivity index (χ2n) is 4.64. The predicted octanol–water partition coefficient (Wildman–Crippen LogP) is 3.15. The Morgan fingerprint density at radius 3 is 3.14 bits per heavy atom. The first kappa shape index (κ1) is 10.0. The van der Waals surface area contributed by atoms with E-state index in [9.17, 15) is 0 Å². The molecule has 1 unspecified atom stereocenters. The van der Waals surface area contributed by atoms with E-state index < -0.39 is 0 Å². The van der Waals surface area contributed by atoms with E-state index in [0.717, 1.165) is 30.0 Å². The largest absolute Gasteiger partial charge is 0.319 e. The normalized spacial score (nSPS) is 21.3. The van der Waals surface area contributed by atoms with Gasteiger partial charge in [-0.25, -0.2) is 4.98 Å². The van der Waals surface area contributed by atoms with Crippen LogP contribution in [0.1, 0.15) is 32.5 Å². The van der Waals surface area contributed by atoms with Crippen molar-refractivity contribution in [2.24, 2.45) is 11.8 Å². The molecule has 1 aromatic rings. The summed E-state index contributed by atoms with van der Waals surface area (Å²) in [6.07, 6.45) is 5.44. The lowest BCUT2D eigenvalue weighted by Crippen LogP contribution is -2.20. The summed E-state index contributed by atoms with van der Waals surface area (Å²) in [6, 6.07) is 0. The Balaban J connectivity index is 2.06. The molecular formula is C11H17ClN2. The van der Waals surface area contributed by atoms with Crippen molar-refractivity contribution in [1.29, 1.82) is 0 Å². The molecule has 2 rings (SSSR count). The molecule has 0 amide bonds. The van der Waals surface area contributed by atoms with E-state index in [-0.39, 0.29) is 0 Å². The molecule has 0 saturated carbocycles. The van der Waals surface area contributed by atoms with Crippen LogP contribution in [0.2, 0.25) is 5.15 Å². The molecule has 1 aliphatic heterocycles. The third-order valence-corrected chi connectivity index (χ3v) is 3.23. The maximum absolute atomic E-state index is 6.01. The zero-order valence-corrected chi connectivity index (χ0v) is 9.59. The third kappa shape index (κ3) is 1.95. The maximum atomic E-state index is 6.01. The molecule has 2 heterocycles. The van der Waals surface area contributed by atoms with Crippen LogP contribution in [0.4, 0.5) is 0 Å². The highest BCUT2D eigenvalue weighted by molar-refractivity contribution is 6.29. The summed E-state index contributed by atoms with van der Waals surface area (Å²) in [4.78, 5) is 4.34. The number of rotatable bonds is 2. The van der Waals surface area contributed by atoms with Gasteiger partial charge in [0.2, 0.25) is 0 Å². The van der Waals surface area contributed by atoms with E-state index in [4.69, 9.17) is 11.6 Å². The van der Waals surface area contributed by atoms with Crippen molar-refractivity contribution in [2.75, 3.05) is 0 Å². The number of hydrogen-bond acceptors (Lipinski definition) is 1. The van der Waals surface area contributed by atoms with Crippen LogP contribution >= 0.6 is 11.6 Å². The quantitative estimate of drug-likeness (QED) is 0.737. The fourth-order valence-corrected chi connectivity index (χ4v) is 2.56. The number of aromatic nitrogens is 2. The number of imidazole rings is 1. The van der Waals surface area contributed by atoms with Crippen molar-refractivity contribution < 1.29 is 0 Å². The van der Waals surface area contributed by atoms with Crippen LogP contribution in [-0.4, -0.2) is 9.55 Å². The molecular weight excluding hydrogens is 196 g/mol. The molecule has 1 aromatic heterocycles. The number of nitrogens with zero attached hydrogens (tertiary/aromatic N) is 2. The summed E-state index contributed by atoms with van der Waals surface area (Å²) < 4.78 is 2.14. The van der Waals surface area contributed by atoms with Crippen LogP contribution in [0.5, 0.6) is 0 Å². The van der Waals surface area contributed by atoms with Crippen molar-refractivity contribution >= 4 is 11.6 Å². The average molecular weight is 213 g/mol. The summed E-state index contributed by atoms with van der Waals surface area (Å²) >= 11 is 6.01. The first-order valence-corrected chi connectivity index (χ1v) is 5.74. The van der Waals surface area contributed by atoms with Gasteiger partial charge < -0.3 is 4.57 Å². The first-order valence-electron chi connectivity index (χ1n) is 5.36. The van der Waals surface area contributed by atoms with Crippen molar-refractivity contribution in [1.82, 2.24) is 9.55 Å². The number of fused-ring (bicyclic) bond motifs is 1. The topological polar surface area (TPSA) is 17.8 Å². The van der Waals surface area contributed by atoms with Crippen LogP contribution in [0, 0.1) is 11.8 Å². The first-order chi connectivity index (χ1) is 6.66. The summed E-state index contributed by atoms with van der Waals surface area (Å²) in [5.74, 6) is 2.77. The molecule has 14 heavy (non-hydrogen) atoms. The fraction of sp³-hybridized carbons (Fsp3) is 0.727. The Kier molecular flexibility index (Phi) is 2.82. The molecule has 0 aliphatic carbocycles. The van der Waals surface area contributed by atoms with Crippen LogP contribution in [0.25, 0.3) is 0 Å². The summed E-state index contributed by atoms with van der Waals surface area (Å²) in [7, 11) is 0. The van der Waals surface area contributed by atoms with Gasteiger partial charge in [0.1, 0.15) is 11.0 Å². The Hall–Kier alpha value is -0.500. The zero-order chi connectivity index (χ0) is 10.1. The smallest absolute Gasteiger partial charge is 0.128 e. The van der Waals surface area contributed by atoms with Crippen LogP contribution in [-0.2, 0) is 13.0 Å². The average Bonchev–Trinajstić information content (AvgIpc) is 2.46. The molecule has 1 aliphatic rings. The Bertz CT molecular complexity index is 317. The van der Waals surface area contributed by atoms with Crippen LogP contribution in [0.3, 0.4) is 0 Å². The van der Waals surface area contributed by atoms with Gasteiger partial charge in [-0.15, -0.1) is 0 Å². The minimum Gasteiger partial charge on any atom is -0.319 e.